The largest absolute Gasteiger partial charge is 0.495 e. The molecule has 0 aliphatic heterocycles. The lowest BCUT2D eigenvalue weighted by Crippen LogP contribution is -2.20. The van der Waals surface area contributed by atoms with Crippen molar-refractivity contribution in [1.82, 2.24) is 9.78 Å². The van der Waals surface area contributed by atoms with Crippen LogP contribution in [-0.4, -0.2) is 36.7 Å². The molecule has 2 aromatic carbocycles. The first-order valence-electron chi connectivity index (χ1n) is 7.66. The predicted octanol–water partition coefficient (Wildman–Crippen LogP) is 2.79. The summed E-state index contributed by atoms with van der Waals surface area (Å²) in [7, 11) is 0.0314. The number of benzene rings is 2. The fraction of sp³-hybridized carbons (Fsp3) is 0.176. The maximum atomic E-state index is 11.8. The van der Waals surface area contributed by atoms with Gasteiger partial charge in [-0.1, -0.05) is 6.07 Å². The topological polar surface area (TPSA) is 85.2 Å². The molecule has 0 fully saturated rings. The maximum Gasteiger partial charge on any atom is 0.175 e. The van der Waals surface area contributed by atoms with Crippen LogP contribution in [-0.2, 0) is 16.9 Å². The number of sulfone groups is 1. The van der Waals surface area contributed by atoms with Crippen LogP contribution >= 0.6 is 12.2 Å². The second kappa shape index (κ2) is 6.93. The Morgan fingerprint density at radius 1 is 1.19 bits per heavy atom. The van der Waals surface area contributed by atoms with Gasteiger partial charge in [0, 0.05) is 18.7 Å². The summed E-state index contributed by atoms with van der Waals surface area (Å²) >= 11 is 5.38. The van der Waals surface area contributed by atoms with E-state index < -0.39 is 9.84 Å². The van der Waals surface area contributed by atoms with Crippen LogP contribution in [0, 0.1) is 0 Å². The van der Waals surface area contributed by atoms with Crippen molar-refractivity contribution in [2.24, 2.45) is 7.05 Å². The summed E-state index contributed by atoms with van der Waals surface area (Å²) in [5.41, 5.74) is 2.23. The molecule has 2 N–H and O–H groups in total. The van der Waals surface area contributed by atoms with Crippen molar-refractivity contribution in [1.29, 1.82) is 0 Å². The fourth-order valence-corrected chi connectivity index (χ4v) is 3.44. The number of hydrogen-bond acceptors (Lipinski definition) is 5. The summed E-state index contributed by atoms with van der Waals surface area (Å²) in [6.07, 6.45) is 2.91. The number of nitrogens with zero attached hydrogens (tertiary/aromatic N) is 2. The average Bonchev–Trinajstić information content (AvgIpc) is 2.96. The number of rotatable bonds is 4. The summed E-state index contributed by atoms with van der Waals surface area (Å²) in [6, 6.07) is 10.3. The smallest absolute Gasteiger partial charge is 0.175 e. The number of fused-ring (bicyclic) bond motifs is 1. The monoisotopic (exact) mass is 390 g/mol. The minimum atomic E-state index is -3.34. The predicted molar refractivity (Wildman–Crippen MR) is 107 cm³/mol. The van der Waals surface area contributed by atoms with Crippen LogP contribution in [0.3, 0.4) is 0 Å². The van der Waals surface area contributed by atoms with Crippen molar-refractivity contribution in [2.45, 2.75) is 4.90 Å². The number of thiocarbonyl (C=S) groups is 1. The van der Waals surface area contributed by atoms with Crippen LogP contribution in [0.15, 0.2) is 47.5 Å². The van der Waals surface area contributed by atoms with Crippen molar-refractivity contribution in [3.8, 4) is 5.75 Å². The number of methoxy groups -OCH3 is 1. The van der Waals surface area contributed by atoms with Gasteiger partial charge in [-0.25, -0.2) is 8.42 Å². The first-order valence-corrected chi connectivity index (χ1v) is 9.96. The van der Waals surface area contributed by atoms with Gasteiger partial charge in [0.15, 0.2) is 14.9 Å². The maximum absolute atomic E-state index is 11.8. The van der Waals surface area contributed by atoms with Gasteiger partial charge in [0.2, 0.25) is 0 Å². The van der Waals surface area contributed by atoms with Gasteiger partial charge in [-0.15, -0.1) is 0 Å². The summed E-state index contributed by atoms with van der Waals surface area (Å²) in [5, 5.41) is 11.6. The van der Waals surface area contributed by atoms with E-state index in [9.17, 15) is 8.42 Å². The second-order valence-electron chi connectivity index (χ2n) is 5.72. The molecule has 0 radical (unpaired) electrons. The van der Waals surface area contributed by atoms with E-state index in [-0.39, 0.29) is 4.90 Å². The zero-order valence-electron chi connectivity index (χ0n) is 14.5. The Bertz CT molecular complexity index is 1090. The van der Waals surface area contributed by atoms with E-state index in [0.717, 1.165) is 22.8 Å². The lowest BCUT2D eigenvalue weighted by molar-refractivity contribution is 0.416. The van der Waals surface area contributed by atoms with Gasteiger partial charge in [0.1, 0.15) is 5.75 Å². The molecule has 1 aromatic heterocycles. The standard InChI is InChI=1S/C17H18N4O3S2/c1-21-15-6-4-5-13(12(15)10-18-21)19-17(25)20-14-9-11(26(3,22)23)7-8-16(14)24-2/h4-10H,1-3H3,(H2,19,20,25). The first-order chi connectivity index (χ1) is 12.3. The second-order valence-corrected chi connectivity index (χ2v) is 8.14. The van der Waals surface area contributed by atoms with Gasteiger partial charge in [0.05, 0.1) is 35.1 Å². The summed E-state index contributed by atoms with van der Waals surface area (Å²) in [6.45, 7) is 0. The molecule has 0 aliphatic carbocycles. The van der Waals surface area contributed by atoms with Crippen LogP contribution < -0.4 is 15.4 Å². The SMILES string of the molecule is COc1ccc(S(C)(=O)=O)cc1NC(=S)Nc1cccc2c1cnn2C. The van der Waals surface area contributed by atoms with Gasteiger partial charge in [-0.3, -0.25) is 4.68 Å². The van der Waals surface area contributed by atoms with E-state index in [1.807, 2.05) is 25.2 Å². The van der Waals surface area contributed by atoms with Gasteiger partial charge >= 0.3 is 0 Å². The van der Waals surface area contributed by atoms with Crippen LogP contribution in [0.4, 0.5) is 11.4 Å². The van der Waals surface area contributed by atoms with Crippen molar-refractivity contribution in [3.63, 3.8) is 0 Å². The normalized spacial score (nSPS) is 11.3. The first kappa shape index (κ1) is 18.2. The number of ether oxygens (including phenoxy) is 1. The van der Waals surface area contributed by atoms with E-state index in [1.54, 1.807) is 16.9 Å². The zero-order chi connectivity index (χ0) is 18.9. The van der Waals surface area contributed by atoms with E-state index in [0.29, 0.717) is 16.5 Å². The van der Waals surface area contributed by atoms with Crippen molar-refractivity contribution in [2.75, 3.05) is 24.0 Å². The number of hydrogen-bond donors (Lipinski definition) is 2. The molecule has 26 heavy (non-hydrogen) atoms. The molecule has 0 amide bonds. The Hall–Kier alpha value is -2.65. The van der Waals surface area contributed by atoms with Gasteiger partial charge < -0.3 is 15.4 Å². The number of nitrogens with one attached hydrogen (secondary N) is 2. The molecule has 9 heteroatoms. The molecule has 136 valence electrons. The van der Waals surface area contributed by atoms with E-state index in [2.05, 4.69) is 15.7 Å². The lowest BCUT2D eigenvalue weighted by atomic mass is 10.2. The molecule has 0 bridgehead atoms. The van der Waals surface area contributed by atoms with Crippen molar-refractivity contribution >= 4 is 49.4 Å². The van der Waals surface area contributed by atoms with Gasteiger partial charge in [-0.05, 0) is 42.5 Å². The van der Waals surface area contributed by atoms with Crippen molar-refractivity contribution < 1.29 is 13.2 Å². The number of aryl methyl sites for hydroxylation is 1. The molecule has 0 unspecified atom stereocenters. The van der Waals surface area contributed by atoms with E-state index in [1.165, 1.54) is 19.2 Å². The Morgan fingerprint density at radius 2 is 1.92 bits per heavy atom. The molecule has 0 atom stereocenters. The molecule has 7 nitrogen and oxygen atoms in total. The van der Waals surface area contributed by atoms with Crippen LogP contribution in [0.25, 0.3) is 10.9 Å². The molecule has 3 aromatic rings. The number of aromatic nitrogens is 2. The highest BCUT2D eigenvalue weighted by Gasteiger charge is 2.13. The van der Waals surface area contributed by atoms with Crippen LogP contribution in [0.1, 0.15) is 0 Å². The third-order valence-corrected chi connectivity index (χ3v) is 5.20. The van der Waals surface area contributed by atoms with Gasteiger partial charge in [0.25, 0.3) is 0 Å². The Kier molecular flexibility index (Phi) is 4.84. The van der Waals surface area contributed by atoms with Gasteiger partial charge in [-0.2, -0.15) is 5.10 Å². The molecule has 0 saturated carbocycles. The molecule has 1 heterocycles. The molecule has 0 aliphatic rings. The molecular formula is C17H18N4O3S2. The fourth-order valence-electron chi connectivity index (χ4n) is 2.58. The Balaban J connectivity index is 1.88. The highest BCUT2D eigenvalue weighted by Crippen LogP contribution is 2.28. The van der Waals surface area contributed by atoms with E-state index in [4.69, 9.17) is 17.0 Å². The highest BCUT2D eigenvalue weighted by atomic mass is 32.2. The zero-order valence-corrected chi connectivity index (χ0v) is 16.1. The summed E-state index contributed by atoms with van der Waals surface area (Å²) in [4.78, 5) is 0.179. The average molecular weight is 390 g/mol. The van der Waals surface area contributed by atoms with Crippen LogP contribution in [0.5, 0.6) is 5.75 Å². The Morgan fingerprint density at radius 3 is 2.62 bits per heavy atom. The van der Waals surface area contributed by atoms with E-state index >= 15 is 0 Å². The molecular weight excluding hydrogens is 372 g/mol. The summed E-state index contributed by atoms with van der Waals surface area (Å²) < 4.78 is 30.6. The molecule has 3 rings (SSSR count). The van der Waals surface area contributed by atoms with Crippen molar-refractivity contribution in [3.05, 3.63) is 42.6 Å². The molecule has 0 spiro atoms. The number of anilines is 2. The minimum absolute atomic E-state index is 0.179. The lowest BCUT2D eigenvalue weighted by Gasteiger charge is -2.15. The quantitative estimate of drug-likeness (QED) is 0.663. The summed E-state index contributed by atoms with van der Waals surface area (Å²) in [5.74, 6) is 0.487. The third kappa shape index (κ3) is 3.63. The highest BCUT2D eigenvalue weighted by molar-refractivity contribution is 7.90. The minimum Gasteiger partial charge on any atom is -0.495 e. The molecule has 0 saturated heterocycles. The van der Waals surface area contributed by atoms with Crippen LogP contribution in [0.2, 0.25) is 0 Å². The Labute approximate surface area is 156 Å². The third-order valence-electron chi connectivity index (χ3n) is 3.89.